The van der Waals surface area contributed by atoms with Crippen LogP contribution in [0, 0.1) is 17.8 Å². The molecule has 2 saturated carbocycles. The van der Waals surface area contributed by atoms with Gasteiger partial charge in [0.25, 0.3) is 0 Å². The van der Waals surface area contributed by atoms with Gasteiger partial charge in [0.1, 0.15) is 6.10 Å². The van der Waals surface area contributed by atoms with Crippen molar-refractivity contribution in [2.45, 2.75) is 82.8 Å². The lowest BCUT2D eigenvalue weighted by molar-refractivity contribution is -0.146. The number of rotatable bonds is 5. The van der Waals surface area contributed by atoms with Crippen LogP contribution in [0.25, 0.3) is 0 Å². The Labute approximate surface area is 138 Å². The predicted octanol–water partition coefficient (Wildman–Crippen LogP) is 3.71. The molecule has 2 N–H and O–H groups in total. The fourth-order valence-corrected chi connectivity index (χ4v) is 4.87. The Morgan fingerprint density at radius 2 is 1.78 bits per heavy atom. The smallest absolute Gasteiger partial charge is 0.405 e. The monoisotopic (exact) mass is 323 g/mol. The Morgan fingerprint density at radius 3 is 2.43 bits per heavy atom. The van der Waals surface area contributed by atoms with Crippen LogP contribution in [0.15, 0.2) is 0 Å². The zero-order valence-corrected chi connectivity index (χ0v) is 13.8. The number of ether oxygens (including phenoxy) is 1. The molecule has 0 bridgehead atoms. The number of hydrogen-bond donors (Lipinski definition) is 2. The van der Waals surface area contributed by atoms with Crippen LogP contribution in [0.3, 0.4) is 0 Å². The van der Waals surface area contributed by atoms with Crippen LogP contribution in [-0.2, 0) is 9.53 Å². The summed E-state index contributed by atoms with van der Waals surface area (Å²) in [7, 11) is 0. The highest BCUT2D eigenvalue weighted by Gasteiger charge is 2.44. The number of carbonyl (C=O) groups is 2. The zero-order valence-electron chi connectivity index (χ0n) is 13.8. The third-order valence-electron chi connectivity index (χ3n) is 6.10. The van der Waals surface area contributed by atoms with Gasteiger partial charge in [-0.2, -0.15) is 0 Å². The van der Waals surface area contributed by atoms with E-state index in [0.717, 1.165) is 19.3 Å². The van der Waals surface area contributed by atoms with E-state index in [9.17, 15) is 9.59 Å². The van der Waals surface area contributed by atoms with Crippen molar-refractivity contribution in [1.82, 2.24) is 5.32 Å². The van der Waals surface area contributed by atoms with E-state index in [1.807, 2.05) is 0 Å². The van der Waals surface area contributed by atoms with Crippen LogP contribution >= 0.6 is 0 Å². The predicted molar refractivity (Wildman–Crippen MR) is 86.1 cm³/mol. The van der Waals surface area contributed by atoms with Crippen molar-refractivity contribution in [2.24, 2.45) is 17.8 Å². The highest BCUT2D eigenvalue weighted by molar-refractivity contribution is 5.75. The fraction of sp³-hybridized carbons (Fsp3) is 0.889. The third-order valence-corrected chi connectivity index (χ3v) is 6.10. The number of hydrogen-bond acceptors (Lipinski definition) is 3. The van der Waals surface area contributed by atoms with Crippen LogP contribution in [0.4, 0.5) is 4.79 Å². The van der Waals surface area contributed by atoms with Gasteiger partial charge in [0.15, 0.2) is 0 Å². The van der Waals surface area contributed by atoms with Gasteiger partial charge in [-0.15, -0.1) is 0 Å². The first-order valence-corrected chi connectivity index (χ1v) is 9.33. The zero-order chi connectivity index (χ0) is 16.2. The third kappa shape index (κ3) is 4.18. The topological polar surface area (TPSA) is 75.6 Å². The van der Waals surface area contributed by atoms with Crippen molar-refractivity contribution in [3.8, 4) is 0 Å². The summed E-state index contributed by atoms with van der Waals surface area (Å²) < 4.78 is 5.63. The summed E-state index contributed by atoms with van der Waals surface area (Å²) >= 11 is 0. The summed E-state index contributed by atoms with van der Waals surface area (Å²) in [5.41, 5.74) is 0. The first-order valence-electron chi connectivity index (χ1n) is 9.33. The van der Waals surface area contributed by atoms with Gasteiger partial charge in [-0.1, -0.05) is 44.9 Å². The Morgan fingerprint density at radius 1 is 1.13 bits per heavy atom. The second kappa shape index (κ2) is 7.54. The Hall–Kier alpha value is -1.26. The minimum absolute atomic E-state index is 0.00745. The summed E-state index contributed by atoms with van der Waals surface area (Å²) in [6.07, 6.45) is 11.0. The maximum atomic E-state index is 12.3. The maximum absolute atomic E-state index is 12.3. The molecule has 5 nitrogen and oxygen atoms in total. The first-order chi connectivity index (χ1) is 11.1. The second-order valence-corrected chi connectivity index (χ2v) is 7.66. The molecule has 1 saturated heterocycles. The number of nitrogens with one attached hydrogen (secondary N) is 1. The summed E-state index contributed by atoms with van der Waals surface area (Å²) in [4.78, 5) is 23.4. The molecule has 3 atom stereocenters. The molecule has 1 amide bonds. The molecule has 130 valence electrons. The Kier molecular flexibility index (Phi) is 5.44. The molecular formula is C18H29NO4. The summed E-state index contributed by atoms with van der Waals surface area (Å²) in [6.45, 7) is 0. The molecule has 2 aliphatic carbocycles. The molecule has 3 fully saturated rings. The van der Waals surface area contributed by atoms with Gasteiger partial charge in [-0.3, -0.25) is 4.79 Å². The average Bonchev–Trinajstić information content (AvgIpc) is 3.16. The van der Waals surface area contributed by atoms with Gasteiger partial charge in [0.05, 0.1) is 12.0 Å². The van der Waals surface area contributed by atoms with Gasteiger partial charge >= 0.3 is 12.1 Å². The lowest BCUT2D eigenvalue weighted by Gasteiger charge is -2.29. The van der Waals surface area contributed by atoms with Crippen LogP contribution in [-0.4, -0.2) is 29.3 Å². The lowest BCUT2D eigenvalue weighted by Crippen LogP contribution is -2.44. The van der Waals surface area contributed by atoms with E-state index in [4.69, 9.17) is 9.84 Å². The molecule has 1 aliphatic heterocycles. The van der Waals surface area contributed by atoms with E-state index in [1.54, 1.807) is 0 Å². The second-order valence-electron chi connectivity index (χ2n) is 7.66. The Balaban J connectivity index is 1.61. The Bertz CT molecular complexity index is 427. The standard InChI is InChI=1S/C18H29NO4/c20-17-14(13-8-4-5-9-13)11-16(23-17)15(19-18(21)22)10-12-6-2-1-3-7-12/h12-16,19H,1-11H2,(H,21,22). The van der Waals surface area contributed by atoms with E-state index in [0.29, 0.717) is 18.3 Å². The number of cyclic esters (lactones) is 1. The van der Waals surface area contributed by atoms with E-state index >= 15 is 0 Å². The SMILES string of the molecule is O=C(O)NC(CC1CCCCC1)C1CC(C2CCCC2)C(=O)O1. The van der Waals surface area contributed by atoms with Crippen LogP contribution in [0.1, 0.15) is 70.6 Å². The molecule has 5 heteroatoms. The molecule has 0 aromatic heterocycles. The van der Waals surface area contributed by atoms with Gasteiger partial charge in [0.2, 0.25) is 0 Å². The fourth-order valence-electron chi connectivity index (χ4n) is 4.87. The molecule has 0 aromatic carbocycles. The summed E-state index contributed by atoms with van der Waals surface area (Å²) in [5.74, 6) is 0.909. The number of carboxylic acid groups (broad SMARTS) is 1. The van der Waals surface area contributed by atoms with Crippen molar-refractivity contribution in [3.63, 3.8) is 0 Å². The van der Waals surface area contributed by atoms with Gasteiger partial charge < -0.3 is 15.2 Å². The van der Waals surface area contributed by atoms with Crippen LogP contribution in [0.5, 0.6) is 0 Å². The van der Waals surface area contributed by atoms with E-state index < -0.39 is 6.09 Å². The van der Waals surface area contributed by atoms with Crippen molar-refractivity contribution in [1.29, 1.82) is 0 Å². The highest BCUT2D eigenvalue weighted by Crippen LogP contribution is 2.40. The molecule has 3 rings (SSSR count). The van der Waals surface area contributed by atoms with E-state index in [2.05, 4.69) is 5.32 Å². The first kappa shape index (κ1) is 16.6. The normalized spacial score (nSPS) is 31.0. The van der Waals surface area contributed by atoms with Crippen molar-refractivity contribution in [2.75, 3.05) is 0 Å². The largest absolute Gasteiger partial charge is 0.465 e. The summed E-state index contributed by atoms with van der Waals surface area (Å²) in [5, 5.41) is 11.8. The minimum atomic E-state index is -1.01. The number of carbonyl (C=O) groups excluding carboxylic acids is 1. The molecule has 0 aromatic rings. The molecular weight excluding hydrogens is 294 g/mol. The lowest BCUT2D eigenvalue weighted by atomic mass is 9.81. The van der Waals surface area contributed by atoms with Gasteiger partial charge in [-0.05, 0) is 37.5 Å². The van der Waals surface area contributed by atoms with E-state index in [-0.39, 0.29) is 24.0 Å². The quantitative estimate of drug-likeness (QED) is 0.756. The number of amides is 1. The molecule has 3 aliphatic rings. The summed E-state index contributed by atoms with van der Waals surface area (Å²) in [6, 6.07) is -0.244. The van der Waals surface area contributed by atoms with Gasteiger partial charge in [0, 0.05) is 0 Å². The van der Waals surface area contributed by atoms with Crippen LogP contribution in [0.2, 0.25) is 0 Å². The van der Waals surface area contributed by atoms with Crippen molar-refractivity contribution < 1.29 is 19.4 Å². The average molecular weight is 323 g/mol. The van der Waals surface area contributed by atoms with Crippen molar-refractivity contribution >= 4 is 12.1 Å². The molecule has 0 radical (unpaired) electrons. The van der Waals surface area contributed by atoms with E-state index in [1.165, 1.54) is 44.9 Å². The number of esters is 1. The van der Waals surface area contributed by atoms with Gasteiger partial charge in [-0.25, -0.2) is 4.79 Å². The molecule has 0 spiro atoms. The molecule has 1 heterocycles. The molecule has 23 heavy (non-hydrogen) atoms. The van der Waals surface area contributed by atoms with Crippen LogP contribution < -0.4 is 5.32 Å². The maximum Gasteiger partial charge on any atom is 0.405 e. The minimum Gasteiger partial charge on any atom is -0.465 e. The van der Waals surface area contributed by atoms with Crippen molar-refractivity contribution in [3.05, 3.63) is 0 Å². The highest BCUT2D eigenvalue weighted by atomic mass is 16.6. The molecule has 3 unspecified atom stereocenters.